The molecule has 1 aromatic carbocycles. The van der Waals surface area contributed by atoms with Crippen molar-refractivity contribution >= 4 is 10.9 Å². The topological polar surface area (TPSA) is 24.9 Å². The van der Waals surface area contributed by atoms with Crippen molar-refractivity contribution in [3.63, 3.8) is 0 Å². The van der Waals surface area contributed by atoms with Crippen LogP contribution in [0.25, 0.3) is 10.9 Å². The summed E-state index contributed by atoms with van der Waals surface area (Å²) in [7, 11) is 0. The number of halogens is 1. The Balaban J connectivity index is 2.05. The largest absolute Gasteiger partial charge is 0.313 e. The van der Waals surface area contributed by atoms with E-state index < -0.39 is 5.67 Å². The van der Waals surface area contributed by atoms with Gasteiger partial charge >= 0.3 is 0 Å². The van der Waals surface area contributed by atoms with E-state index in [1.807, 2.05) is 30.3 Å². The van der Waals surface area contributed by atoms with Crippen molar-refractivity contribution < 1.29 is 4.39 Å². The number of hydrogen-bond donors (Lipinski definition) is 1. The predicted octanol–water partition coefficient (Wildman–Crippen LogP) is 2.78. The van der Waals surface area contributed by atoms with E-state index in [4.69, 9.17) is 0 Å². The minimum absolute atomic E-state index is 0.408. The average molecular weight is 230 g/mol. The van der Waals surface area contributed by atoms with Gasteiger partial charge < -0.3 is 5.32 Å². The Hall–Kier alpha value is -1.48. The monoisotopic (exact) mass is 230 g/mol. The summed E-state index contributed by atoms with van der Waals surface area (Å²) < 4.78 is 14.7. The fourth-order valence-electron chi connectivity index (χ4n) is 2.46. The van der Waals surface area contributed by atoms with E-state index in [2.05, 4.69) is 10.3 Å². The van der Waals surface area contributed by atoms with Gasteiger partial charge in [0.2, 0.25) is 0 Å². The molecule has 3 heteroatoms. The van der Waals surface area contributed by atoms with Gasteiger partial charge in [-0.05, 0) is 37.1 Å². The Morgan fingerprint density at radius 3 is 3.06 bits per heavy atom. The summed E-state index contributed by atoms with van der Waals surface area (Å²) in [5.41, 5.74) is 0.382. The first kappa shape index (κ1) is 10.7. The van der Waals surface area contributed by atoms with Crippen LogP contribution in [0.15, 0.2) is 36.5 Å². The molecule has 0 bridgehead atoms. The third-order valence-corrected chi connectivity index (χ3v) is 3.46. The van der Waals surface area contributed by atoms with E-state index >= 15 is 0 Å². The molecule has 0 radical (unpaired) electrons. The van der Waals surface area contributed by atoms with E-state index in [0.717, 1.165) is 29.4 Å². The lowest BCUT2D eigenvalue weighted by atomic mass is 9.88. The van der Waals surface area contributed by atoms with Crippen molar-refractivity contribution in [3.05, 3.63) is 42.1 Å². The number of nitrogens with one attached hydrogen (secondary N) is 1. The molecular formula is C14H15FN2. The summed E-state index contributed by atoms with van der Waals surface area (Å²) in [6, 6.07) is 9.61. The smallest absolute Gasteiger partial charge is 0.148 e. The number of benzene rings is 1. The van der Waals surface area contributed by atoms with Crippen LogP contribution in [0.3, 0.4) is 0 Å². The van der Waals surface area contributed by atoms with Crippen molar-refractivity contribution in [2.75, 3.05) is 13.1 Å². The zero-order valence-corrected chi connectivity index (χ0v) is 9.62. The van der Waals surface area contributed by atoms with E-state index in [1.165, 1.54) is 0 Å². The van der Waals surface area contributed by atoms with Crippen molar-refractivity contribution in [3.8, 4) is 0 Å². The first-order valence-corrected chi connectivity index (χ1v) is 6.03. The van der Waals surface area contributed by atoms with Gasteiger partial charge in [-0.15, -0.1) is 0 Å². The Morgan fingerprint density at radius 2 is 2.24 bits per heavy atom. The molecule has 17 heavy (non-hydrogen) atoms. The maximum absolute atomic E-state index is 14.7. The Kier molecular flexibility index (Phi) is 2.56. The van der Waals surface area contributed by atoms with Crippen molar-refractivity contribution in [1.29, 1.82) is 0 Å². The van der Waals surface area contributed by atoms with Gasteiger partial charge in [-0.25, -0.2) is 4.39 Å². The second kappa shape index (κ2) is 4.08. The quantitative estimate of drug-likeness (QED) is 0.814. The maximum atomic E-state index is 14.7. The minimum Gasteiger partial charge on any atom is -0.313 e. The molecule has 0 aliphatic carbocycles. The van der Waals surface area contributed by atoms with Gasteiger partial charge in [-0.1, -0.05) is 18.2 Å². The molecule has 1 aliphatic heterocycles. The third-order valence-electron chi connectivity index (χ3n) is 3.46. The van der Waals surface area contributed by atoms with E-state index in [0.29, 0.717) is 13.0 Å². The molecule has 1 saturated heterocycles. The van der Waals surface area contributed by atoms with E-state index in [9.17, 15) is 4.39 Å². The normalized spacial score (nSPS) is 25.0. The van der Waals surface area contributed by atoms with E-state index in [-0.39, 0.29) is 0 Å². The summed E-state index contributed by atoms with van der Waals surface area (Å²) >= 11 is 0. The van der Waals surface area contributed by atoms with Gasteiger partial charge in [0.15, 0.2) is 0 Å². The van der Waals surface area contributed by atoms with Gasteiger partial charge in [-0.2, -0.15) is 0 Å². The Morgan fingerprint density at radius 1 is 1.29 bits per heavy atom. The lowest BCUT2D eigenvalue weighted by Crippen LogP contribution is -2.40. The van der Waals surface area contributed by atoms with Crippen molar-refractivity contribution in [1.82, 2.24) is 10.3 Å². The molecular weight excluding hydrogens is 215 g/mol. The summed E-state index contributed by atoms with van der Waals surface area (Å²) in [6.45, 7) is 1.32. The molecule has 2 aromatic rings. The highest BCUT2D eigenvalue weighted by atomic mass is 19.1. The van der Waals surface area contributed by atoms with Crippen LogP contribution in [-0.4, -0.2) is 18.1 Å². The number of hydrogen-bond acceptors (Lipinski definition) is 2. The summed E-state index contributed by atoms with van der Waals surface area (Å²) in [5, 5.41) is 4.19. The van der Waals surface area contributed by atoms with Crippen LogP contribution in [0, 0.1) is 0 Å². The lowest BCUT2D eigenvalue weighted by Gasteiger charge is -2.30. The zero-order valence-electron chi connectivity index (χ0n) is 9.62. The molecule has 0 amide bonds. The van der Waals surface area contributed by atoms with Crippen LogP contribution in [0.5, 0.6) is 0 Å². The van der Waals surface area contributed by atoms with Crippen molar-refractivity contribution in [2.24, 2.45) is 0 Å². The van der Waals surface area contributed by atoms with Crippen LogP contribution < -0.4 is 5.32 Å². The molecule has 0 spiro atoms. The highest BCUT2D eigenvalue weighted by Crippen LogP contribution is 2.33. The van der Waals surface area contributed by atoms with Gasteiger partial charge in [0.05, 0.1) is 5.52 Å². The van der Waals surface area contributed by atoms with E-state index in [1.54, 1.807) is 6.20 Å². The number of nitrogens with zero attached hydrogens (tertiary/aromatic N) is 1. The standard InChI is InChI=1S/C14H15FN2/c15-14(6-2-7-16-10-14)12-5-4-11-3-1-8-17-13(11)9-12/h1,3-5,8-9,16H,2,6-7,10H2. The average Bonchev–Trinajstić information content (AvgIpc) is 2.39. The molecule has 1 unspecified atom stereocenters. The second-order valence-corrected chi connectivity index (χ2v) is 4.66. The third kappa shape index (κ3) is 1.91. The number of rotatable bonds is 1. The zero-order chi connectivity index (χ0) is 11.7. The summed E-state index contributed by atoms with van der Waals surface area (Å²) in [4.78, 5) is 4.28. The molecule has 1 fully saturated rings. The molecule has 1 aliphatic rings. The molecule has 3 rings (SSSR count). The lowest BCUT2D eigenvalue weighted by molar-refractivity contribution is 0.122. The van der Waals surface area contributed by atoms with Gasteiger partial charge in [0, 0.05) is 18.1 Å². The van der Waals surface area contributed by atoms with Gasteiger partial charge in [-0.3, -0.25) is 4.98 Å². The fourth-order valence-corrected chi connectivity index (χ4v) is 2.46. The summed E-state index contributed by atoms with van der Waals surface area (Å²) in [5.74, 6) is 0. The SMILES string of the molecule is FC1(c2ccc3cccnc3c2)CCCNC1. The van der Waals surface area contributed by atoms with Gasteiger partial charge in [0.1, 0.15) is 5.67 Å². The fraction of sp³-hybridized carbons (Fsp3) is 0.357. The van der Waals surface area contributed by atoms with Crippen LogP contribution in [-0.2, 0) is 5.67 Å². The molecule has 88 valence electrons. The first-order valence-electron chi connectivity index (χ1n) is 6.03. The Bertz CT molecular complexity index is 532. The molecule has 2 heterocycles. The predicted molar refractivity (Wildman–Crippen MR) is 66.6 cm³/mol. The maximum Gasteiger partial charge on any atom is 0.148 e. The second-order valence-electron chi connectivity index (χ2n) is 4.66. The number of fused-ring (bicyclic) bond motifs is 1. The number of pyridine rings is 1. The van der Waals surface area contributed by atoms with Crippen LogP contribution in [0.4, 0.5) is 4.39 Å². The van der Waals surface area contributed by atoms with Gasteiger partial charge in [0.25, 0.3) is 0 Å². The van der Waals surface area contributed by atoms with Crippen molar-refractivity contribution in [2.45, 2.75) is 18.5 Å². The number of piperidine rings is 1. The molecule has 1 atom stereocenters. The number of alkyl halides is 1. The minimum atomic E-state index is -1.23. The molecule has 0 saturated carbocycles. The highest BCUT2D eigenvalue weighted by molar-refractivity contribution is 5.79. The summed E-state index contributed by atoms with van der Waals surface area (Å²) in [6.07, 6.45) is 3.23. The first-order chi connectivity index (χ1) is 8.28. The number of aromatic nitrogens is 1. The van der Waals surface area contributed by atoms with Crippen LogP contribution in [0.2, 0.25) is 0 Å². The van der Waals surface area contributed by atoms with Crippen LogP contribution >= 0.6 is 0 Å². The molecule has 1 N–H and O–H groups in total. The Labute approximate surface area is 99.9 Å². The molecule has 1 aromatic heterocycles. The van der Waals surface area contributed by atoms with Crippen LogP contribution in [0.1, 0.15) is 18.4 Å². The highest BCUT2D eigenvalue weighted by Gasteiger charge is 2.33. The molecule has 2 nitrogen and oxygen atoms in total.